The van der Waals surface area contributed by atoms with Gasteiger partial charge in [0.25, 0.3) is 5.91 Å². The van der Waals surface area contributed by atoms with E-state index in [2.05, 4.69) is 4.98 Å². The highest BCUT2D eigenvalue weighted by Crippen LogP contribution is 2.33. The van der Waals surface area contributed by atoms with E-state index >= 15 is 0 Å². The fraction of sp³-hybridized carbons (Fsp3) is 0.429. The molecular weight excluding hydrogens is 344 g/mol. The molecular formula is C21H24N2O4. The summed E-state index contributed by atoms with van der Waals surface area (Å²) in [5.74, 6) is 1.29. The van der Waals surface area contributed by atoms with Gasteiger partial charge in [-0.25, -0.2) is 0 Å². The minimum atomic E-state index is -0.0365. The molecule has 1 atom stereocenters. The Morgan fingerprint density at radius 2 is 2.00 bits per heavy atom. The molecule has 1 fully saturated rings. The molecule has 0 N–H and O–H groups in total. The Morgan fingerprint density at radius 3 is 2.70 bits per heavy atom. The number of aromatic nitrogens is 1. The SMILES string of the molecule is Cc1cc2c(cc1C(=O)N(Cc1ccccn1)C[C@H]1CCCO1)OCCO2. The first kappa shape index (κ1) is 17.8. The molecule has 0 radical (unpaired) electrons. The van der Waals surface area contributed by atoms with Crippen LogP contribution in [-0.2, 0) is 11.3 Å². The zero-order valence-corrected chi connectivity index (χ0v) is 15.5. The summed E-state index contributed by atoms with van der Waals surface area (Å²) < 4.78 is 17.1. The van der Waals surface area contributed by atoms with Crippen LogP contribution in [0.3, 0.4) is 0 Å². The van der Waals surface area contributed by atoms with Gasteiger partial charge in [-0.15, -0.1) is 0 Å². The van der Waals surface area contributed by atoms with Crippen LogP contribution >= 0.6 is 0 Å². The van der Waals surface area contributed by atoms with Gasteiger partial charge in [-0.2, -0.15) is 0 Å². The van der Waals surface area contributed by atoms with E-state index in [1.54, 1.807) is 12.3 Å². The van der Waals surface area contributed by atoms with Crippen LogP contribution in [-0.4, -0.2) is 48.3 Å². The highest BCUT2D eigenvalue weighted by atomic mass is 16.6. The summed E-state index contributed by atoms with van der Waals surface area (Å²) in [6.45, 7) is 4.73. The third-order valence-corrected chi connectivity index (χ3v) is 4.93. The minimum Gasteiger partial charge on any atom is -0.486 e. The van der Waals surface area contributed by atoms with Crippen LogP contribution in [0, 0.1) is 6.92 Å². The first-order valence-electron chi connectivity index (χ1n) is 9.42. The summed E-state index contributed by atoms with van der Waals surface area (Å²) in [6.07, 6.45) is 3.85. The van der Waals surface area contributed by atoms with Crippen LogP contribution in [0.5, 0.6) is 11.5 Å². The molecule has 27 heavy (non-hydrogen) atoms. The van der Waals surface area contributed by atoms with Gasteiger partial charge < -0.3 is 19.1 Å². The Labute approximate surface area is 159 Å². The van der Waals surface area contributed by atoms with Gasteiger partial charge in [0, 0.05) is 24.9 Å². The number of amides is 1. The quantitative estimate of drug-likeness (QED) is 0.812. The van der Waals surface area contributed by atoms with Crippen LogP contribution in [0.15, 0.2) is 36.5 Å². The molecule has 2 aromatic rings. The van der Waals surface area contributed by atoms with E-state index in [0.717, 1.165) is 30.7 Å². The molecule has 4 rings (SSSR count). The molecule has 1 amide bonds. The van der Waals surface area contributed by atoms with Gasteiger partial charge in [-0.3, -0.25) is 9.78 Å². The Kier molecular flexibility index (Phi) is 5.25. The van der Waals surface area contributed by atoms with E-state index in [1.807, 2.05) is 36.1 Å². The van der Waals surface area contributed by atoms with Gasteiger partial charge >= 0.3 is 0 Å². The fourth-order valence-corrected chi connectivity index (χ4v) is 3.53. The molecule has 0 saturated carbocycles. The zero-order chi connectivity index (χ0) is 18.6. The molecule has 2 aliphatic rings. The molecule has 6 heteroatoms. The number of hydrogen-bond donors (Lipinski definition) is 0. The first-order chi connectivity index (χ1) is 13.2. The highest BCUT2D eigenvalue weighted by molar-refractivity contribution is 5.96. The predicted molar refractivity (Wildman–Crippen MR) is 100 cm³/mol. The van der Waals surface area contributed by atoms with Crippen molar-refractivity contribution in [1.82, 2.24) is 9.88 Å². The van der Waals surface area contributed by atoms with Crippen LogP contribution in [0.1, 0.15) is 34.5 Å². The van der Waals surface area contributed by atoms with Gasteiger partial charge in [0.05, 0.1) is 18.3 Å². The lowest BCUT2D eigenvalue weighted by molar-refractivity contribution is 0.0503. The van der Waals surface area contributed by atoms with E-state index in [1.165, 1.54) is 0 Å². The van der Waals surface area contributed by atoms with Crippen molar-refractivity contribution in [3.05, 3.63) is 53.3 Å². The maximum atomic E-state index is 13.4. The van der Waals surface area contributed by atoms with Crippen molar-refractivity contribution in [2.24, 2.45) is 0 Å². The Bertz CT molecular complexity index is 803. The average Bonchev–Trinajstić information content (AvgIpc) is 3.20. The van der Waals surface area contributed by atoms with Crippen molar-refractivity contribution in [3.8, 4) is 11.5 Å². The largest absolute Gasteiger partial charge is 0.486 e. The van der Waals surface area contributed by atoms with E-state index in [4.69, 9.17) is 14.2 Å². The standard InChI is InChI=1S/C21H24N2O4/c1-15-11-19-20(27-10-9-26-19)12-18(15)21(24)23(14-17-6-4-8-25-17)13-16-5-2-3-7-22-16/h2-3,5,7,11-12,17H,4,6,8-10,13-14H2,1H3/t17-/m1/s1. The predicted octanol–water partition coefficient (Wildman–Crippen LogP) is 2.98. The van der Waals surface area contributed by atoms with Crippen molar-refractivity contribution in [1.29, 1.82) is 0 Å². The van der Waals surface area contributed by atoms with Crippen LogP contribution in [0.4, 0.5) is 0 Å². The summed E-state index contributed by atoms with van der Waals surface area (Å²) in [6, 6.07) is 9.43. The number of pyridine rings is 1. The minimum absolute atomic E-state index is 0.0365. The van der Waals surface area contributed by atoms with Crippen molar-refractivity contribution in [2.45, 2.75) is 32.4 Å². The smallest absolute Gasteiger partial charge is 0.254 e. The zero-order valence-electron chi connectivity index (χ0n) is 15.5. The number of ether oxygens (including phenoxy) is 3. The topological polar surface area (TPSA) is 60.9 Å². The number of aryl methyl sites for hydroxylation is 1. The van der Waals surface area contributed by atoms with E-state index in [-0.39, 0.29) is 12.0 Å². The maximum absolute atomic E-state index is 13.4. The summed E-state index contributed by atoms with van der Waals surface area (Å²) >= 11 is 0. The molecule has 2 aliphatic heterocycles. The van der Waals surface area contributed by atoms with Crippen molar-refractivity contribution in [3.63, 3.8) is 0 Å². The summed E-state index contributed by atoms with van der Waals surface area (Å²) in [4.78, 5) is 19.6. The van der Waals surface area contributed by atoms with E-state index in [9.17, 15) is 4.79 Å². The van der Waals surface area contributed by atoms with Crippen molar-refractivity contribution >= 4 is 5.91 Å². The second-order valence-electron chi connectivity index (χ2n) is 6.95. The van der Waals surface area contributed by atoms with Gasteiger partial charge in [0.2, 0.25) is 0 Å². The molecule has 142 valence electrons. The third kappa shape index (κ3) is 4.06. The Balaban J connectivity index is 1.61. The van der Waals surface area contributed by atoms with Crippen LogP contribution < -0.4 is 9.47 Å². The molecule has 3 heterocycles. The summed E-state index contributed by atoms with van der Waals surface area (Å²) in [5.41, 5.74) is 2.37. The number of nitrogens with zero attached hydrogens (tertiary/aromatic N) is 2. The second kappa shape index (κ2) is 7.96. The van der Waals surface area contributed by atoms with Gasteiger partial charge in [-0.1, -0.05) is 6.07 Å². The van der Waals surface area contributed by atoms with Gasteiger partial charge in [0.1, 0.15) is 13.2 Å². The maximum Gasteiger partial charge on any atom is 0.254 e. The van der Waals surface area contributed by atoms with Crippen molar-refractivity contribution < 1.29 is 19.0 Å². The lowest BCUT2D eigenvalue weighted by Crippen LogP contribution is -2.37. The van der Waals surface area contributed by atoms with Crippen molar-refractivity contribution in [2.75, 3.05) is 26.4 Å². The average molecular weight is 368 g/mol. The lowest BCUT2D eigenvalue weighted by Gasteiger charge is -2.27. The number of carbonyl (C=O) groups is 1. The molecule has 0 bridgehead atoms. The second-order valence-corrected chi connectivity index (χ2v) is 6.95. The van der Waals surface area contributed by atoms with E-state index < -0.39 is 0 Å². The number of benzene rings is 1. The number of carbonyl (C=O) groups excluding carboxylic acids is 1. The van der Waals surface area contributed by atoms with Gasteiger partial charge in [-0.05, 0) is 49.6 Å². The molecule has 1 aromatic carbocycles. The van der Waals surface area contributed by atoms with Crippen LogP contribution in [0.2, 0.25) is 0 Å². The summed E-state index contributed by atoms with van der Waals surface area (Å²) in [7, 11) is 0. The van der Waals surface area contributed by atoms with E-state index in [0.29, 0.717) is 43.4 Å². The number of hydrogen-bond acceptors (Lipinski definition) is 5. The van der Waals surface area contributed by atoms with Crippen LogP contribution in [0.25, 0.3) is 0 Å². The highest BCUT2D eigenvalue weighted by Gasteiger charge is 2.26. The number of fused-ring (bicyclic) bond motifs is 1. The summed E-state index contributed by atoms with van der Waals surface area (Å²) in [5, 5.41) is 0. The molecule has 1 saturated heterocycles. The Morgan fingerprint density at radius 1 is 1.19 bits per heavy atom. The number of rotatable bonds is 5. The van der Waals surface area contributed by atoms with Gasteiger partial charge in [0.15, 0.2) is 11.5 Å². The molecule has 6 nitrogen and oxygen atoms in total. The molecule has 0 unspecified atom stereocenters. The Hall–Kier alpha value is -2.60. The fourth-order valence-electron chi connectivity index (χ4n) is 3.53. The normalized spacial score (nSPS) is 18.3. The monoisotopic (exact) mass is 368 g/mol. The molecule has 0 aliphatic carbocycles. The molecule has 0 spiro atoms. The third-order valence-electron chi connectivity index (χ3n) is 4.93. The molecule has 1 aromatic heterocycles. The lowest BCUT2D eigenvalue weighted by atomic mass is 10.1. The first-order valence-corrected chi connectivity index (χ1v) is 9.42.